The minimum absolute atomic E-state index is 0.328. The van der Waals surface area contributed by atoms with Gasteiger partial charge in [-0.2, -0.15) is 0 Å². The van der Waals surface area contributed by atoms with Gasteiger partial charge in [0.05, 0.1) is 0 Å². The van der Waals surface area contributed by atoms with Gasteiger partial charge in [-0.05, 0) is 49.7 Å². The van der Waals surface area contributed by atoms with E-state index in [2.05, 4.69) is 36.5 Å². The molecule has 1 aliphatic heterocycles. The zero-order valence-electron chi connectivity index (χ0n) is 13.0. The van der Waals surface area contributed by atoms with Crippen LogP contribution in [-0.2, 0) is 4.79 Å². The van der Waals surface area contributed by atoms with E-state index in [0.717, 1.165) is 19.6 Å². The fraction of sp³-hybridized carbons (Fsp3) is 0.611. The van der Waals surface area contributed by atoms with E-state index in [0.29, 0.717) is 24.3 Å². The topological polar surface area (TPSA) is 32.3 Å². The highest BCUT2D eigenvalue weighted by Gasteiger charge is 2.30. The smallest absolute Gasteiger partial charge is 0.223 e. The molecule has 1 aliphatic carbocycles. The molecule has 114 valence electrons. The van der Waals surface area contributed by atoms with E-state index in [1.54, 1.807) is 0 Å². The maximum absolute atomic E-state index is 11.9. The SMILES string of the molecule is Cc1ccccc1C1CC(NCCC(=O)N2CCCC2)C1. The average Bonchev–Trinajstić information content (AvgIpc) is 2.96. The number of carbonyl (C=O) groups is 1. The largest absolute Gasteiger partial charge is 0.343 e. The highest BCUT2D eigenvalue weighted by molar-refractivity contribution is 5.76. The molecule has 2 aliphatic rings. The van der Waals surface area contributed by atoms with Gasteiger partial charge in [-0.3, -0.25) is 4.79 Å². The minimum atomic E-state index is 0.328. The summed E-state index contributed by atoms with van der Waals surface area (Å²) >= 11 is 0. The van der Waals surface area contributed by atoms with Crippen LogP contribution in [0.3, 0.4) is 0 Å². The van der Waals surface area contributed by atoms with Gasteiger partial charge >= 0.3 is 0 Å². The van der Waals surface area contributed by atoms with Crippen LogP contribution in [0.1, 0.15) is 49.1 Å². The van der Waals surface area contributed by atoms with Gasteiger partial charge in [-0.15, -0.1) is 0 Å². The summed E-state index contributed by atoms with van der Waals surface area (Å²) in [5.41, 5.74) is 2.91. The highest BCUT2D eigenvalue weighted by Crippen LogP contribution is 2.38. The Kier molecular flexibility index (Phi) is 4.59. The minimum Gasteiger partial charge on any atom is -0.343 e. The molecular weight excluding hydrogens is 260 g/mol. The maximum Gasteiger partial charge on any atom is 0.223 e. The molecule has 21 heavy (non-hydrogen) atoms. The summed E-state index contributed by atoms with van der Waals surface area (Å²) in [7, 11) is 0. The van der Waals surface area contributed by atoms with Crippen molar-refractivity contribution in [1.29, 1.82) is 0 Å². The van der Waals surface area contributed by atoms with Crippen molar-refractivity contribution >= 4 is 5.91 Å². The van der Waals surface area contributed by atoms with E-state index in [4.69, 9.17) is 0 Å². The van der Waals surface area contributed by atoms with E-state index >= 15 is 0 Å². The van der Waals surface area contributed by atoms with Crippen molar-refractivity contribution in [3.8, 4) is 0 Å². The molecule has 1 saturated heterocycles. The van der Waals surface area contributed by atoms with Crippen LogP contribution in [0, 0.1) is 6.92 Å². The Bertz CT molecular complexity index is 488. The van der Waals surface area contributed by atoms with Gasteiger partial charge in [-0.1, -0.05) is 24.3 Å². The number of likely N-dealkylation sites (tertiary alicyclic amines) is 1. The molecule has 0 spiro atoms. The van der Waals surface area contributed by atoms with Gasteiger partial charge < -0.3 is 10.2 Å². The molecule has 1 aromatic rings. The van der Waals surface area contributed by atoms with Crippen LogP contribution in [0.2, 0.25) is 0 Å². The quantitative estimate of drug-likeness (QED) is 0.902. The van der Waals surface area contributed by atoms with E-state index in [1.165, 1.54) is 36.8 Å². The third-order valence-electron chi connectivity index (χ3n) is 5.00. The van der Waals surface area contributed by atoms with Gasteiger partial charge in [0, 0.05) is 32.1 Å². The first-order valence-electron chi connectivity index (χ1n) is 8.30. The normalized spacial score (nSPS) is 24.9. The molecule has 1 heterocycles. The van der Waals surface area contributed by atoms with E-state index < -0.39 is 0 Å². The molecule has 0 aromatic heterocycles. The lowest BCUT2D eigenvalue weighted by atomic mass is 9.74. The summed E-state index contributed by atoms with van der Waals surface area (Å²) in [5, 5.41) is 3.55. The van der Waals surface area contributed by atoms with Crippen molar-refractivity contribution in [3.05, 3.63) is 35.4 Å². The summed E-state index contributed by atoms with van der Waals surface area (Å²) < 4.78 is 0. The Hall–Kier alpha value is -1.35. The number of benzene rings is 1. The van der Waals surface area contributed by atoms with Crippen molar-refractivity contribution in [2.24, 2.45) is 0 Å². The third kappa shape index (κ3) is 3.46. The van der Waals surface area contributed by atoms with E-state index in [-0.39, 0.29) is 0 Å². The van der Waals surface area contributed by atoms with Gasteiger partial charge in [0.2, 0.25) is 5.91 Å². The third-order valence-corrected chi connectivity index (χ3v) is 5.00. The van der Waals surface area contributed by atoms with Crippen molar-refractivity contribution in [2.75, 3.05) is 19.6 Å². The summed E-state index contributed by atoms with van der Waals surface area (Å²) in [6.45, 7) is 4.97. The Balaban J connectivity index is 1.36. The molecule has 0 radical (unpaired) electrons. The molecular formula is C18H26N2O. The number of carbonyl (C=O) groups excluding carboxylic acids is 1. The standard InChI is InChI=1S/C18H26N2O/c1-14-6-2-3-7-17(14)15-12-16(13-15)19-9-8-18(21)20-10-4-5-11-20/h2-3,6-7,15-16,19H,4-5,8-13H2,1H3. The van der Waals surface area contributed by atoms with Gasteiger partial charge in [-0.25, -0.2) is 0 Å². The van der Waals surface area contributed by atoms with Crippen molar-refractivity contribution in [2.45, 2.75) is 51.0 Å². The second-order valence-corrected chi connectivity index (χ2v) is 6.51. The molecule has 1 amide bonds. The number of nitrogens with zero attached hydrogens (tertiary/aromatic N) is 1. The van der Waals surface area contributed by atoms with Crippen LogP contribution in [0.25, 0.3) is 0 Å². The van der Waals surface area contributed by atoms with Crippen LogP contribution in [0.5, 0.6) is 0 Å². The van der Waals surface area contributed by atoms with Crippen molar-refractivity contribution in [3.63, 3.8) is 0 Å². The zero-order chi connectivity index (χ0) is 14.7. The molecule has 1 saturated carbocycles. The van der Waals surface area contributed by atoms with Gasteiger partial charge in [0.25, 0.3) is 0 Å². The molecule has 1 aromatic carbocycles. The molecule has 0 bridgehead atoms. The van der Waals surface area contributed by atoms with Crippen LogP contribution in [0.15, 0.2) is 24.3 Å². The lowest BCUT2D eigenvalue weighted by Gasteiger charge is -2.37. The fourth-order valence-electron chi connectivity index (χ4n) is 3.59. The number of hydrogen-bond donors (Lipinski definition) is 1. The molecule has 3 rings (SSSR count). The summed E-state index contributed by atoms with van der Waals surface area (Å²) in [6, 6.07) is 9.30. The molecule has 0 unspecified atom stereocenters. The number of nitrogens with one attached hydrogen (secondary N) is 1. The monoisotopic (exact) mass is 286 g/mol. The highest BCUT2D eigenvalue weighted by atomic mass is 16.2. The Morgan fingerprint density at radius 2 is 1.95 bits per heavy atom. The maximum atomic E-state index is 11.9. The summed E-state index contributed by atoms with van der Waals surface area (Å²) in [6.07, 6.45) is 5.44. The Morgan fingerprint density at radius 3 is 2.67 bits per heavy atom. The first-order chi connectivity index (χ1) is 10.2. The molecule has 2 fully saturated rings. The first-order valence-corrected chi connectivity index (χ1v) is 8.30. The first kappa shape index (κ1) is 14.6. The van der Waals surface area contributed by atoms with Crippen LogP contribution < -0.4 is 5.32 Å². The Morgan fingerprint density at radius 1 is 1.24 bits per heavy atom. The number of hydrogen-bond acceptors (Lipinski definition) is 2. The van der Waals surface area contributed by atoms with Crippen LogP contribution in [-0.4, -0.2) is 36.5 Å². The number of aryl methyl sites for hydroxylation is 1. The van der Waals surface area contributed by atoms with E-state index in [1.807, 2.05) is 4.90 Å². The predicted octanol–water partition coefficient (Wildman–Crippen LogP) is 2.84. The number of amides is 1. The average molecular weight is 286 g/mol. The van der Waals surface area contributed by atoms with Crippen molar-refractivity contribution in [1.82, 2.24) is 10.2 Å². The van der Waals surface area contributed by atoms with Gasteiger partial charge in [0.15, 0.2) is 0 Å². The second-order valence-electron chi connectivity index (χ2n) is 6.51. The molecule has 1 N–H and O–H groups in total. The second kappa shape index (κ2) is 6.61. The lowest BCUT2D eigenvalue weighted by Crippen LogP contribution is -2.42. The lowest BCUT2D eigenvalue weighted by molar-refractivity contribution is -0.130. The Labute approximate surface area is 127 Å². The summed E-state index contributed by atoms with van der Waals surface area (Å²) in [5.74, 6) is 1.03. The molecule has 3 nitrogen and oxygen atoms in total. The molecule has 3 heteroatoms. The van der Waals surface area contributed by atoms with Gasteiger partial charge in [0.1, 0.15) is 0 Å². The van der Waals surface area contributed by atoms with Crippen molar-refractivity contribution < 1.29 is 4.79 Å². The fourth-order valence-corrected chi connectivity index (χ4v) is 3.59. The predicted molar refractivity (Wildman–Crippen MR) is 85.4 cm³/mol. The molecule has 0 atom stereocenters. The summed E-state index contributed by atoms with van der Waals surface area (Å²) in [4.78, 5) is 14.0. The van der Waals surface area contributed by atoms with Crippen LogP contribution >= 0.6 is 0 Å². The number of rotatable bonds is 5. The van der Waals surface area contributed by atoms with Crippen LogP contribution in [0.4, 0.5) is 0 Å². The zero-order valence-corrected chi connectivity index (χ0v) is 13.0. The van der Waals surface area contributed by atoms with E-state index in [9.17, 15) is 4.79 Å².